The highest BCUT2D eigenvalue weighted by atomic mass is 16.5. The highest BCUT2D eigenvalue weighted by Crippen LogP contribution is 2.19. The van der Waals surface area contributed by atoms with E-state index < -0.39 is 0 Å². The van der Waals surface area contributed by atoms with Crippen LogP contribution in [0, 0.1) is 0 Å². The molecule has 100 valence electrons. The lowest BCUT2D eigenvalue weighted by Gasteiger charge is -2.36. The van der Waals surface area contributed by atoms with E-state index in [0.29, 0.717) is 5.88 Å². The molecule has 0 radical (unpaired) electrons. The summed E-state index contributed by atoms with van der Waals surface area (Å²) in [6.45, 7) is 4.44. The molecule has 18 heavy (non-hydrogen) atoms. The maximum Gasteiger partial charge on any atom is 0.217 e. The van der Waals surface area contributed by atoms with E-state index in [1.165, 1.54) is 0 Å². The number of hydrogen-bond acceptors (Lipinski definition) is 5. The van der Waals surface area contributed by atoms with Crippen LogP contribution in [-0.2, 0) is 11.3 Å². The lowest BCUT2D eigenvalue weighted by Crippen LogP contribution is -2.47. The minimum Gasteiger partial charge on any atom is -0.481 e. The van der Waals surface area contributed by atoms with Gasteiger partial charge in [0.2, 0.25) is 5.88 Å². The average molecular weight is 252 g/mol. The summed E-state index contributed by atoms with van der Waals surface area (Å²) < 4.78 is 10.9. The summed E-state index contributed by atoms with van der Waals surface area (Å²) in [5.41, 5.74) is 1.06. The van der Waals surface area contributed by atoms with E-state index in [1.807, 2.05) is 19.1 Å². The molecule has 0 aliphatic carbocycles. The number of aliphatic hydroxyl groups is 1. The predicted octanol–water partition coefficient (Wildman–Crippen LogP) is 0.672. The molecule has 0 saturated carbocycles. The Labute approximate surface area is 107 Å². The van der Waals surface area contributed by atoms with Gasteiger partial charge in [0, 0.05) is 31.4 Å². The lowest BCUT2D eigenvalue weighted by molar-refractivity contribution is -0.0973. The van der Waals surface area contributed by atoms with Crippen LogP contribution < -0.4 is 4.74 Å². The van der Waals surface area contributed by atoms with Gasteiger partial charge in [-0.05, 0) is 13.0 Å². The molecule has 5 heteroatoms. The third kappa shape index (κ3) is 3.19. The van der Waals surface area contributed by atoms with Gasteiger partial charge in [-0.1, -0.05) is 6.07 Å². The number of pyridine rings is 1. The zero-order valence-electron chi connectivity index (χ0n) is 10.9. The fraction of sp³-hybridized carbons (Fsp3) is 0.615. The summed E-state index contributed by atoms with van der Waals surface area (Å²) in [6, 6.07) is 3.92. The molecule has 1 aliphatic heterocycles. The van der Waals surface area contributed by atoms with Crippen molar-refractivity contribution in [3.63, 3.8) is 0 Å². The Morgan fingerprint density at radius 1 is 1.56 bits per heavy atom. The highest BCUT2D eigenvalue weighted by Gasteiger charge is 2.25. The third-order valence-electron chi connectivity index (χ3n) is 3.04. The van der Waals surface area contributed by atoms with Gasteiger partial charge in [-0.15, -0.1) is 0 Å². The summed E-state index contributed by atoms with van der Waals surface area (Å²) in [7, 11) is 1.63. The number of aromatic nitrogens is 1. The molecular formula is C13H20N2O3. The number of morpholine rings is 1. The second-order valence-corrected chi connectivity index (χ2v) is 4.62. The van der Waals surface area contributed by atoms with Crippen LogP contribution in [-0.4, -0.2) is 54.0 Å². The molecule has 2 atom stereocenters. The van der Waals surface area contributed by atoms with Crippen LogP contribution in [0.4, 0.5) is 0 Å². The van der Waals surface area contributed by atoms with Crippen molar-refractivity contribution < 1.29 is 14.6 Å². The van der Waals surface area contributed by atoms with Crippen LogP contribution in [0.5, 0.6) is 5.88 Å². The van der Waals surface area contributed by atoms with Gasteiger partial charge in [0.1, 0.15) is 0 Å². The largest absolute Gasteiger partial charge is 0.481 e. The summed E-state index contributed by atoms with van der Waals surface area (Å²) in [5.74, 6) is 0.664. The first-order valence-corrected chi connectivity index (χ1v) is 6.19. The topological polar surface area (TPSA) is 54.8 Å². The molecule has 2 heterocycles. The van der Waals surface area contributed by atoms with Gasteiger partial charge in [-0.25, -0.2) is 4.98 Å². The summed E-state index contributed by atoms with van der Waals surface area (Å²) in [4.78, 5) is 6.45. The first-order valence-electron chi connectivity index (χ1n) is 6.19. The molecule has 1 N–H and O–H groups in total. The predicted molar refractivity (Wildman–Crippen MR) is 67.5 cm³/mol. The maximum atomic E-state index is 9.20. The van der Waals surface area contributed by atoms with Crippen LogP contribution >= 0.6 is 0 Å². The SMILES string of the molecule is COc1ncccc1CN1CC(C)OC(CO)C1. The molecule has 1 fully saturated rings. The van der Waals surface area contributed by atoms with E-state index in [1.54, 1.807) is 13.3 Å². The van der Waals surface area contributed by atoms with Gasteiger partial charge in [-0.3, -0.25) is 4.90 Å². The van der Waals surface area contributed by atoms with Crippen molar-refractivity contribution in [2.24, 2.45) is 0 Å². The summed E-state index contributed by atoms with van der Waals surface area (Å²) in [5, 5.41) is 9.20. The molecule has 0 amide bonds. The third-order valence-corrected chi connectivity index (χ3v) is 3.04. The van der Waals surface area contributed by atoms with Crippen LogP contribution in [0.2, 0.25) is 0 Å². The Balaban J connectivity index is 2.04. The zero-order valence-corrected chi connectivity index (χ0v) is 10.9. The van der Waals surface area contributed by atoms with E-state index in [4.69, 9.17) is 9.47 Å². The maximum absolute atomic E-state index is 9.20. The zero-order chi connectivity index (χ0) is 13.0. The van der Waals surface area contributed by atoms with Crippen LogP contribution in [0.15, 0.2) is 18.3 Å². The van der Waals surface area contributed by atoms with Crippen molar-refractivity contribution in [3.05, 3.63) is 23.9 Å². The second kappa shape index (κ2) is 6.13. The first kappa shape index (κ1) is 13.3. The molecule has 0 bridgehead atoms. The highest BCUT2D eigenvalue weighted by molar-refractivity contribution is 5.25. The normalized spacial score (nSPS) is 25.1. The minimum absolute atomic E-state index is 0.0605. The van der Waals surface area contributed by atoms with Crippen molar-refractivity contribution in [2.45, 2.75) is 25.7 Å². The summed E-state index contributed by atoms with van der Waals surface area (Å²) in [6.07, 6.45) is 1.76. The number of aliphatic hydroxyl groups excluding tert-OH is 1. The van der Waals surface area contributed by atoms with Crippen molar-refractivity contribution in [2.75, 3.05) is 26.8 Å². The molecule has 5 nitrogen and oxygen atoms in total. The Hall–Kier alpha value is -1.17. The molecule has 1 saturated heterocycles. The van der Waals surface area contributed by atoms with Gasteiger partial charge >= 0.3 is 0 Å². The summed E-state index contributed by atoms with van der Waals surface area (Å²) >= 11 is 0. The van der Waals surface area contributed by atoms with Gasteiger partial charge in [0.25, 0.3) is 0 Å². The molecule has 0 aromatic carbocycles. The Bertz CT molecular complexity index is 386. The minimum atomic E-state index is -0.101. The van der Waals surface area contributed by atoms with Crippen molar-refractivity contribution >= 4 is 0 Å². The number of rotatable bonds is 4. The lowest BCUT2D eigenvalue weighted by atomic mass is 10.2. The molecular weight excluding hydrogens is 232 g/mol. The van der Waals surface area contributed by atoms with Crippen LogP contribution in [0.3, 0.4) is 0 Å². The first-order chi connectivity index (χ1) is 8.72. The number of ether oxygens (including phenoxy) is 2. The Morgan fingerprint density at radius 3 is 3.11 bits per heavy atom. The van der Waals surface area contributed by atoms with Crippen LogP contribution in [0.25, 0.3) is 0 Å². The Kier molecular flexibility index (Phi) is 4.52. The van der Waals surface area contributed by atoms with Crippen molar-refractivity contribution in [3.8, 4) is 5.88 Å². The van der Waals surface area contributed by atoms with E-state index in [9.17, 15) is 5.11 Å². The van der Waals surface area contributed by atoms with Crippen LogP contribution in [0.1, 0.15) is 12.5 Å². The number of nitrogens with zero attached hydrogens (tertiary/aromatic N) is 2. The standard InChI is InChI=1S/C13H20N2O3/c1-10-6-15(8-12(9-16)18-10)7-11-4-3-5-14-13(11)17-2/h3-5,10,12,16H,6-9H2,1-2H3. The smallest absolute Gasteiger partial charge is 0.217 e. The fourth-order valence-electron chi connectivity index (χ4n) is 2.34. The van der Waals surface area contributed by atoms with E-state index in [2.05, 4.69) is 9.88 Å². The molecule has 0 spiro atoms. The van der Waals surface area contributed by atoms with Gasteiger partial charge in [-0.2, -0.15) is 0 Å². The van der Waals surface area contributed by atoms with Gasteiger partial charge in [0.05, 0.1) is 25.9 Å². The molecule has 1 aromatic heterocycles. The molecule has 2 rings (SSSR count). The second-order valence-electron chi connectivity index (χ2n) is 4.62. The van der Waals surface area contributed by atoms with E-state index >= 15 is 0 Å². The van der Waals surface area contributed by atoms with Crippen molar-refractivity contribution in [1.82, 2.24) is 9.88 Å². The van der Waals surface area contributed by atoms with Gasteiger partial charge < -0.3 is 14.6 Å². The quantitative estimate of drug-likeness (QED) is 0.853. The van der Waals surface area contributed by atoms with E-state index in [-0.39, 0.29) is 18.8 Å². The number of hydrogen-bond donors (Lipinski definition) is 1. The number of methoxy groups -OCH3 is 1. The van der Waals surface area contributed by atoms with Gasteiger partial charge in [0.15, 0.2) is 0 Å². The van der Waals surface area contributed by atoms with E-state index in [0.717, 1.165) is 25.2 Å². The van der Waals surface area contributed by atoms with Crippen molar-refractivity contribution in [1.29, 1.82) is 0 Å². The average Bonchev–Trinajstić information content (AvgIpc) is 2.38. The molecule has 1 aromatic rings. The Morgan fingerprint density at radius 2 is 2.39 bits per heavy atom. The molecule has 1 aliphatic rings. The monoisotopic (exact) mass is 252 g/mol. The fourth-order valence-corrected chi connectivity index (χ4v) is 2.34. The molecule has 2 unspecified atom stereocenters.